The van der Waals surface area contributed by atoms with Gasteiger partial charge in [-0.2, -0.15) is 0 Å². The molecular formula is C25H26FN3O3. The Kier molecular flexibility index (Phi) is 6.10. The van der Waals surface area contributed by atoms with E-state index in [1.54, 1.807) is 18.3 Å². The molecule has 1 aromatic heterocycles. The number of ketones is 1. The number of amides is 1. The lowest BCUT2D eigenvalue weighted by Gasteiger charge is -2.28. The summed E-state index contributed by atoms with van der Waals surface area (Å²) in [7, 11) is 0. The maximum Gasteiger partial charge on any atom is 0.295 e. The molecule has 1 aliphatic heterocycles. The van der Waals surface area contributed by atoms with E-state index in [1.165, 1.54) is 17.0 Å². The van der Waals surface area contributed by atoms with Gasteiger partial charge in [0, 0.05) is 35.8 Å². The Bertz CT molecular complexity index is 1180. The smallest absolute Gasteiger partial charge is 0.295 e. The number of carbonyl (C=O) groups excluding carboxylic acids is 2. The van der Waals surface area contributed by atoms with Crippen LogP contribution in [0, 0.1) is 5.82 Å². The first-order valence-corrected chi connectivity index (χ1v) is 10.8. The maximum atomic E-state index is 13.6. The second kappa shape index (κ2) is 8.96. The molecule has 1 atom stereocenters. The molecule has 3 aromatic rings. The summed E-state index contributed by atoms with van der Waals surface area (Å²) in [6.07, 6.45) is 1.63. The number of nitrogens with one attached hydrogen (secondary N) is 1. The normalized spacial score (nSPS) is 18.2. The number of benzene rings is 2. The van der Waals surface area contributed by atoms with Gasteiger partial charge in [-0.15, -0.1) is 0 Å². The van der Waals surface area contributed by atoms with Crippen molar-refractivity contribution in [3.05, 3.63) is 77.2 Å². The van der Waals surface area contributed by atoms with Crippen LogP contribution in [0.5, 0.6) is 0 Å². The highest BCUT2D eigenvalue weighted by Crippen LogP contribution is 2.40. The largest absolute Gasteiger partial charge is 0.507 e. The van der Waals surface area contributed by atoms with Gasteiger partial charge >= 0.3 is 0 Å². The Balaban J connectivity index is 1.83. The van der Waals surface area contributed by atoms with Crippen LogP contribution in [-0.2, 0) is 9.59 Å². The number of aromatic amines is 1. The molecular weight excluding hydrogens is 409 g/mol. The highest BCUT2D eigenvalue weighted by Gasteiger charge is 2.46. The quantitative estimate of drug-likeness (QED) is 0.333. The zero-order chi connectivity index (χ0) is 22.8. The van der Waals surface area contributed by atoms with E-state index in [4.69, 9.17) is 0 Å². The summed E-state index contributed by atoms with van der Waals surface area (Å²) in [5, 5.41) is 12.0. The number of para-hydroxylation sites is 1. The standard InChI is InChI=1S/C25H26FN3O3/c1-3-28(4-2)13-14-29-22(16-9-11-17(26)12-10-16)21(24(31)25(29)32)23(30)19-15-27-20-8-6-5-7-18(19)20/h5-12,15,22,27,30H,3-4,13-14H2,1-2H3/b23-21-. The summed E-state index contributed by atoms with van der Waals surface area (Å²) < 4.78 is 13.6. The first-order valence-electron chi connectivity index (χ1n) is 10.8. The molecule has 6 nitrogen and oxygen atoms in total. The van der Waals surface area contributed by atoms with Gasteiger partial charge in [0.2, 0.25) is 0 Å². The van der Waals surface area contributed by atoms with E-state index < -0.39 is 23.5 Å². The topological polar surface area (TPSA) is 76.6 Å². The Morgan fingerprint density at radius 3 is 2.47 bits per heavy atom. The molecule has 1 unspecified atom stereocenters. The molecule has 32 heavy (non-hydrogen) atoms. The number of likely N-dealkylation sites (N-methyl/N-ethyl adjacent to an activating group) is 1. The number of rotatable bonds is 7. The average Bonchev–Trinajstić information content (AvgIpc) is 3.34. The van der Waals surface area contributed by atoms with Gasteiger partial charge in [0.05, 0.1) is 11.6 Å². The number of H-pyrrole nitrogens is 1. The minimum absolute atomic E-state index is 0.0194. The molecule has 1 amide bonds. The lowest BCUT2D eigenvalue weighted by Crippen LogP contribution is -2.38. The number of aromatic nitrogens is 1. The van der Waals surface area contributed by atoms with Gasteiger partial charge in [-0.05, 0) is 36.9 Å². The van der Waals surface area contributed by atoms with Crippen LogP contribution in [0.2, 0.25) is 0 Å². The fourth-order valence-corrected chi connectivity index (χ4v) is 4.30. The van der Waals surface area contributed by atoms with Gasteiger partial charge < -0.3 is 19.9 Å². The lowest BCUT2D eigenvalue weighted by atomic mass is 9.95. The van der Waals surface area contributed by atoms with Crippen LogP contribution in [0.15, 0.2) is 60.3 Å². The zero-order valence-corrected chi connectivity index (χ0v) is 18.1. The van der Waals surface area contributed by atoms with Crippen LogP contribution in [0.1, 0.15) is 31.0 Å². The molecule has 0 aliphatic carbocycles. The molecule has 4 rings (SSSR count). The summed E-state index contributed by atoms with van der Waals surface area (Å²) in [5.74, 6) is -2.04. The molecule has 2 N–H and O–H groups in total. The summed E-state index contributed by atoms with van der Waals surface area (Å²) in [5.41, 5.74) is 1.86. The third-order valence-corrected chi connectivity index (χ3v) is 6.12. The number of halogens is 1. The van der Waals surface area contributed by atoms with Crippen molar-refractivity contribution in [3.8, 4) is 0 Å². The fourth-order valence-electron chi connectivity index (χ4n) is 4.30. The predicted octanol–water partition coefficient (Wildman–Crippen LogP) is 4.07. The van der Waals surface area contributed by atoms with Crippen LogP contribution in [0.3, 0.4) is 0 Å². The van der Waals surface area contributed by atoms with Crippen molar-refractivity contribution in [1.82, 2.24) is 14.8 Å². The van der Waals surface area contributed by atoms with Crippen LogP contribution in [0.4, 0.5) is 4.39 Å². The Morgan fingerprint density at radius 1 is 1.09 bits per heavy atom. The van der Waals surface area contributed by atoms with E-state index in [9.17, 15) is 19.1 Å². The molecule has 0 saturated carbocycles. The predicted molar refractivity (Wildman–Crippen MR) is 121 cm³/mol. The second-order valence-electron chi connectivity index (χ2n) is 7.82. The van der Waals surface area contributed by atoms with Crippen molar-refractivity contribution >= 4 is 28.4 Å². The number of Topliss-reactive ketones (excluding diaryl/α,β-unsaturated/α-hetero) is 1. The Labute approximate surface area is 186 Å². The highest BCUT2D eigenvalue weighted by atomic mass is 19.1. The molecule has 0 radical (unpaired) electrons. The first kappa shape index (κ1) is 21.8. The van der Waals surface area contributed by atoms with Gasteiger partial charge in [0.1, 0.15) is 11.6 Å². The Hall–Kier alpha value is -3.45. The molecule has 1 saturated heterocycles. The summed E-state index contributed by atoms with van der Waals surface area (Å²) in [6, 6.07) is 12.3. The molecule has 0 spiro atoms. The molecule has 1 aliphatic rings. The first-order chi connectivity index (χ1) is 15.5. The lowest BCUT2D eigenvalue weighted by molar-refractivity contribution is -0.140. The molecule has 166 valence electrons. The summed E-state index contributed by atoms with van der Waals surface area (Å²) in [4.78, 5) is 32.9. The third kappa shape index (κ3) is 3.80. The van der Waals surface area contributed by atoms with Gasteiger partial charge in [0.15, 0.2) is 0 Å². The average molecular weight is 435 g/mol. The van der Waals surface area contributed by atoms with E-state index in [-0.39, 0.29) is 11.3 Å². The summed E-state index contributed by atoms with van der Waals surface area (Å²) in [6.45, 7) is 6.61. The van der Waals surface area contributed by atoms with Crippen molar-refractivity contribution in [1.29, 1.82) is 0 Å². The number of nitrogens with zero attached hydrogens (tertiary/aromatic N) is 2. The number of aliphatic hydroxyl groups excluding tert-OH is 1. The number of likely N-dealkylation sites (tertiary alicyclic amines) is 1. The number of aliphatic hydroxyl groups is 1. The zero-order valence-electron chi connectivity index (χ0n) is 18.1. The molecule has 1 fully saturated rings. The van der Waals surface area contributed by atoms with Crippen molar-refractivity contribution < 1.29 is 19.1 Å². The van der Waals surface area contributed by atoms with Crippen molar-refractivity contribution in [3.63, 3.8) is 0 Å². The van der Waals surface area contributed by atoms with Gasteiger partial charge in [-0.25, -0.2) is 4.39 Å². The van der Waals surface area contributed by atoms with Crippen molar-refractivity contribution in [2.45, 2.75) is 19.9 Å². The number of hydrogen-bond acceptors (Lipinski definition) is 4. The van der Waals surface area contributed by atoms with Crippen molar-refractivity contribution in [2.24, 2.45) is 0 Å². The van der Waals surface area contributed by atoms with E-state index >= 15 is 0 Å². The fraction of sp³-hybridized carbons (Fsp3) is 0.280. The third-order valence-electron chi connectivity index (χ3n) is 6.12. The van der Waals surface area contributed by atoms with Gasteiger partial charge in [-0.3, -0.25) is 9.59 Å². The number of fused-ring (bicyclic) bond motifs is 1. The number of carbonyl (C=O) groups is 2. The molecule has 0 bridgehead atoms. The van der Waals surface area contributed by atoms with E-state index in [0.717, 1.165) is 24.0 Å². The van der Waals surface area contributed by atoms with Crippen LogP contribution in [-0.4, -0.2) is 57.8 Å². The molecule has 7 heteroatoms. The highest BCUT2D eigenvalue weighted by molar-refractivity contribution is 6.46. The van der Waals surface area contributed by atoms with E-state index in [0.29, 0.717) is 24.2 Å². The summed E-state index contributed by atoms with van der Waals surface area (Å²) >= 11 is 0. The second-order valence-corrected chi connectivity index (χ2v) is 7.82. The SMILES string of the molecule is CCN(CC)CCN1C(=O)C(=O)/C(=C(\O)c2c[nH]c3ccccc23)C1c1ccc(F)cc1. The van der Waals surface area contributed by atoms with E-state index in [1.807, 2.05) is 38.1 Å². The van der Waals surface area contributed by atoms with Crippen LogP contribution < -0.4 is 0 Å². The minimum atomic E-state index is -0.792. The van der Waals surface area contributed by atoms with Gasteiger partial charge in [0.25, 0.3) is 11.7 Å². The van der Waals surface area contributed by atoms with Crippen LogP contribution in [0.25, 0.3) is 16.7 Å². The number of hydrogen-bond donors (Lipinski definition) is 2. The molecule has 2 heterocycles. The maximum absolute atomic E-state index is 13.6. The van der Waals surface area contributed by atoms with Crippen LogP contribution >= 0.6 is 0 Å². The Morgan fingerprint density at radius 2 is 1.78 bits per heavy atom. The monoisotopic (exact) mass is 435 g/mol. The minimum Gasteiger partial charge on any atom is -0.507 e. The molecule has 2 aromatic carbocycles. The van der Waals surface area contributed by atoms with E-state index in [2.05, 4.69) is 9.88 Å². The van der Waals surface area contributed by atoms with Crippen molar-refractivity contribution in [2.75, 3.05) is 26.2 Å². The van der Waals surface area contributed by atoms with Gasteiger partial charge in [-0.1, -0.05) is 44.2 Å².